The lowest BCUT2D eigenvalue weighted by atomic mass is 10.2. The molecule has 1 aromatic heterocycles. The number of hydrogen-bond donors (Lipinski definition) is 1. The second kappa shape index (κ2) is 3.93. The van der Waals surface area contributed by atoms with Crippen molar-refractivity contribution in [1.82, 2.24) is 4.98 Å². The molecule has 0 fully saturated rings. The molecule has 1 rings (SSSR count). The molecule has 0 aliphatic rings. The number of nitrogens with zero attached hydrogens (tertiary/aromatic N) is 1. The molecule has 0 radical (unpaired) electrons. The van der Waals surface area contributed by atoms with Gasteiger partial charge in [-0.2, -0.15) is 8.42 Å². The molecule has 0 aliphatic heterocycles. The molecule has 0 saturated carbocycles. The van der Waals surface area contributed by atoms with Crippen molar-refractivity contribution in [1.29, 1.82) is 0 Å². The Morgan fingerprint density at radius 1 is 1.50 bits per heavy atom. The SMILES string of the molecule is COc1ccc(C(C)S(=O)(=O)O)cn1. The van der Waals surface area contributed by atoms with Crippen molar-refractivity contribution in [3.8, 4) is 5.88 Å². The molecule has 5 nitrogen and oxygen atoms in total. The minimum absolute atomic E-state index is 0.399. The van der Waals surface area contributed by atoms with Gasteiger partial charge < -0.3 is 4.74 Å². The van der Waals surface area contributed by atoms with Gasteiger partial charge in [-0.25, -0.2) is 4.98 Å². The highest BCUT2D eigenvalue weighted by Crippen LogP contribution is 2.20. The van der Waals surface area contributed by atoms with Crippen LogP contribution in [0.25, 0.3) is 0 Å². The largest absolute Gasteiger partial charge is 0.481 e. The second-order valence-electron chi connectivity index (χ2n) is 2.79. The van der Waals surface area contributed by atoms with Crippen molar-refractivity contribution in [2.45, 2.75) is 12.2 Å². The number of ether oxygens (including phenoxy) is 1. The first kappa shape index (κ1) is 10.9. The molecule has 78 valence electrons. The van der Waals surface area contributed by atoms with Gasteiger partial charge in [0.25, 0.3) is 10.1 Å². The zero-order valence-corrected chi connectivity index (χ0v) is 8.65. The van der Waals surface area contributed by atoms with E-state index in [1.165, 1.54) is 26.3 Å². The lowest BCUT2D eigenvalue weighted by Crippen LogP contribution is -2.08. The Morgan fingerprint density at radius 3 is 2.50 bits per heavy atom. The number of rotatable bonds is 3. The summed E-state index contributed by atoms with van der Waals surface area (Å²) < 4.78 is 35.2. The second-order valence-corrected chi connectivity index (χ2v) is 4.53. The van der Waals surface area contributed by atoms with Crippen LogP contribution in [0.15, 0.2) is 18.3 Å². The Morgan fingerprint density at radius 2 is 2.14 bits per heavy atom. The van der Waals surface area contributed by atoms with E-state index >= 15 is 0 Å². The van der Waals surface area contributed by atoms with Crippen LogP contribution in [0.1, 0.15) is 17.7 Å². The van der Waals surface area contributed by atoms with Crippen LogP contribution >= 0.6 is 0 Å². The van der Waals surface area contributed by atoms with Gasteiger partial charge in [-0.1, -0.05) is 6.07 Å². The van der Waals surface area contributed by atoms with Crippen molar-refractivity contribution in [2.24, 2.45) is 0 Å². The Kier molecular flexibility index (Phi) is 3.07. The van der Waals surface area contributed by atoms with E-state index in [4.69, 9.17) is 9.29 Å². The normalized spacial score (nSPS) is 13.6. The summed E-state index contributed by atoms with van der Waals surface area (Å²) in [4.78, 5) is 3.83. The van der Waals surface area contributed by atoms with Crippen LogP contribution in [0.3, 0.4) is 0 Å². The van der Waals surface area contributed by atoms with Gasteiger partial charge in [-0.15, -0.1) is 0 Å². The maximum absolute atomic E-state index is 10.8. The van der Waals surface area contributed by atoms with Crippen LogP contribution in [0.2, 0.25) is 0 Å². The van der Waals surface area contributed by atoms with Crippen LogP contribution in [0, 0.1) is 0 Å². The fourth-order valence-electron chi connectivity index (χ4n) is 0.925. The maximum Gasteiger partial charge on any atom is 0.271 e. The Hall–Kier alpha value is -1.14. The number of aromatic nitrogens is 1. The fourth-order valence-corrected chi connectivity index (χ4v) is 1.41. The summed E-state index contributed by atoms with van der Waals surface area (Å²) in [5.41, 5.74) is 0.424. The third-order valence-corrected chi connectivity index (χ3v) is 3.05. The molecule has 14 heavy (non-hydrogen) atoms. The van der Waals surface area contributed by atoms with E-state index in [1.54, 1.807) is 6.07 Å². The molecule has 1 heterocycles. The van der Waals surface area contributed by atoms with E-state index in [-0.39, 0.29) is 0 Å². The maximum atomic E-state index is 10.8. The molecule has 0 amide bonds. The van der Waals surface area contributed by atoms with Crippen molar-refractivity contribution >= 4 is 10.1 Å². The summed E-state index contributed by atoms with van der Waals surface area (Å²) in [6, 6.07) is 3.08. The van der Waals surface area contributed by atoms with Crippen LogP contribution in [0.4, 0.5) is 0 Å². The molecule has 0 spiro atoms. The molecule has 0 bridgehead atoms. The standard InChI is InChI=1S/C8H11NO4S/c1-6(14(10,11)12)7-3-4-8(13-2)9-5-7/h3-6H,1-2H3,(H,10,11,12). The summed E-state index contributed by atoms with van der Waals surface area (Å²) in [7, 11) is -2.59. The van der Waals surface area contributed by atoms with Gasteiger partial charge in [-0.3, -0.25) is 4.55 Å². The molecule has 0 aliphatic carbocycles. The highest BCUT2D eigenvalue weighted by molar-refractivity contribution is 7.86. The number of hydrogen-bond acceptors (Lipinski definition) is 4. The van der Waals surface area contributed by atoms with Crippen molar-refractivity contribution < 1.29 is 17.7 Å². The van der Waals surface area contributed by atoms with E-state index in [2.05, 4.69) is 4.98 Å². The quantitative estimate of drug-likeness (QED) is 0.765. The first-order chi connectivity index (χ1) is 6.45. The summed E-state index contributed by atoms with van der Waals surface area (Å²) in [6.07, 6.45) is 1.36. The number of pyridine rings is 1. The molecule has 1 atom stereocenters. The van der Waals surface area contributed by atoms with Crippen LogP contribution < -0.4 is 4.74 Å². The molecular formula is C8H11NO4S. The van der Waals surface area contributed by atoms with E-state index in [0.29, 0.717) is 11.4 Å². The van der Waals surface area contributed by atoms with Gasteiger partial charge in [0.15, 0.2) is 0 Å². The first-order valence-corrected chi connectivity index (χ1v) is 5.41. The molecule has 0 aromatic carbocycles. The predicted octanol–water partition coefficient (Wildman–Crippen LogP) is 1.04. The van der Waals surface area contributed by atoms with Gasteiger partial charge in [0.05, 0.1) is 7.11 Å². The highest BCUT2D eigenvalue weighted by atomic mass is 32.2. The predicted molar refractivity (Wildman–Crippen MR) is 50.8 cm³/mol. The van der Waals surface area contributed by atoms with Gasteiger partial charge >= 0.3 is 0 Å². The average Bonchev–Trinajstić information content (AvgIpc) is 2.15. The zero-order chi connectivity index (χ0) is 10.8. The third kappa shape index (κ3) is 2.43. The summed E-state index contributed by atoms with van der Waals surface area (Å²) >= 11 is 0. The fraction of sp³-hybridized carbons (Fsp3) is 0.375. The molecule has 1 aromatic rings. The van der Waals surface area contributed by atoms with E-state index < -0.39 is 15.4 Å². The summed E-state index contributed by atoms with van der Waals surface area (Å²) in [6.45, 7) is 1.39. The van der Waals surface area contributed by atoms with E-state index in [1.807, 2.05) is 0 Å². The Labute approximate surface area is 82.5 Å². The van der Waals surface area contributed by atoms with E-state index in [0.717, 1.165) is 0 Å². The monoisotopic (exact) mass is 217 g/mol. The molecular weight excluding hydrogens is 206 g/mol. The van der Waals surface area contributed by atoms with Gasteiger partial charge in [0, 0.05) is 12.3 Å². The van der Waals surface area contributed by atoms with Crippen LogP contribution in [-0.4, -0.2) is 25.1 Å². The highest BCUT2D eigenvalue weighted by Gasteiger charge is 2.19. The molecule has 1 N–H and O–H groups in total. The lowest BCUT2D eigenvalue weighted by Gasteiger charge is -2.07. The molecule has 0 saturated heterocycles. The minimum atomic E-state index is -4.06. The van der Waals surface area contributed by atoms with Crippen molar-refractivity contribution in [3.63, 3.8) is 0 Å². The summed E-state index contributed by atoms with van der Waals surface area (Å²) in [5.74, 6) is 0.399. The van der Waals surface area contributed by atoms with Crippen LogP contribution in [-0.2, 0) is 10.1 Å². The molecule has 6 heteroatoms. The zero-order valence-electron chi connectivity index (χ0n) is 7.84. The van der Waals surface area contributed by atoms with Crippen molar-refractivity contribution in [2.75, 3.05) is 7.11 Å². The minimum Gasteiger partial charge on any atom is -0.481 e. The summed E-state index contributed by atoms with van der Waals surface area (Å²) in [5, 5.41) is -0.971. The molecule has 1 unspecified atom stereocenters. The topological polar surface area (TPSA) is 76.5 Å². The van der Waals surface area contributed by atoms with E-state index in [9.17, 15) is 8.42 Å². The average molecular weight is 217 g/mol. The Balaban J connectivity index is 2.98. The van der Waals surface area contributed by atoms with Crippen molar-refractivity contribution in [3.05, 3.63) is 23.9 Å². The Bertz CT molecular complexity index is 398. The lowest BCUT2D eigenvalue weighted by molar-refractivity contribution is 0.397. The first-order valence-electron chi connectivity index (χ1n) is 3.91. The van der Waals surface area contributed by atoms with Crippen LogP contribution in [0.5, 0.6) is 5.88 Å². The van der Waals surface area contributed by atoms with Gasteiger partial charge in [-0.05, 0) is 12.5 Å². The van der Waals surface area contributed by atoms with Gasteiger partial charge in [0.1, 0.15) is 5.25 Å². The number of methoxy groups -OCH3 is 1. The smallest absolute Gasteiger partial charge is 0.271 e. The third-order valence-electron chi connectivity index (χ3n) is 1.88. The van der Waals surface area contributed by atoms with Gasteiger partial charge in [0.2, 0.25) is 5.88 Å².